The molecule has 4 nitrogen and oxygen atoms in total. The molecule has 0 aliphatic carbocycles. The molecular weight excluding hydrogens is 228 g/mol. The van der Waals surface area contributed by atoms with Crippen molar-refractivity contribution in [2.45, 2.75) is 58.1 Å². The van der Waals surface area contributed by atoms with Crippen molar-refractivity contribution >= 4 is 6.09 Å². The molecule has 1 amide bonds. The highest BCUT2D eigenvalue weighted by Gasteiger charge is 2.42. The van der Waals surface area contributed by atoms with E-state index in [1.165, 1.54) is 12.8 Å². The van der Waals surface area contributed by atoms with E-state index in [1.54, 1.807) is 0 Å². The molecule has 2 atom stereocenters. The molecule has 0 saturated carbocycles. The Hall–Kier alpha value is -0.770. The fourth-order valence-corrected chi connectivity index (χ4v) is 3.04. The number of carbonyl (C=O) groups excluding carboxylic acids is 1. The third-order valence-corrected chi connectivity index (χ3v) is 4.14. The quantitative estimate of drug-likeness (QED) is 0.781. The van der Waals surface area contributed by atoms with Crippen LogP contribution in [-0.4, -0.2) is 41.8 Å². The lowest BCUT2D eigenvalue weighted by Crippen LogP contribution is -2.45. The molecule has 0 bridgehead atoms. The van der Waals surface area contributed by atoms with E-state index >= 15 is 0 Å². The molecule has 1 N–H and O–H groups in total. The molecule has 2 unspecified atom stereocenters. The zero-order chi connectivity index (χ0) is 13.4. The van der Waals surface area contributed by atoms with Crippen LogP contribution in [0.2, 0.25) is 0 Å². The first-order valence-corrected chi connectivity index (χ1v) is 7.03. The first kappa shape index (κ1) is 13.7. The number of hydrogen-bond acceptors (Lipinski definition) is 3. The van der Waals surface area contributed by atoms with Gasteiger partial charge in [-0.05, 0) is 59.4 Å². The summed E-state index contributed by atoms with van der Waals surface area (Å²) in [7, 11) is 0. The maximum absolute atomic E-state index is 12.0. The minimum absolute atomic E-state index is 0.161. The number of rotatable bonds is 1. The van der Waals surface area contributed by atoms with Crippen molar-refractivity contribution < 1.29 is 9.53 Å². The highest BCUT2D eigenvalue weighted by atomic mass is 16.6. The van der Waals surface area contributed by atoms with E-state index in [1.807, 2.05) is 25.7 Å². The molecule has 104 valence electrons. The van der Waals surface area contributed by atoms with E-state index in [0.29, 0.717) is 5.92 Å². The van der Waals surface area contributed by atoms with Gasteiger partial charge in [0.05, 0.1) is 0 Å². The number of carbonyl (C=O) groups is 1. The second kappa shape index (κ2) is 4.72. The Kier molecular flexibility index (Phi) is 3.58. The fraction of sp³-hybridized carbons (Fsp3) is 0.929. The Morgan fingerprint density at radius 1 is 1.44 bits per heavy atom. The van der Waals surface area contributed by atoms with E-state index in [2.05, 4.69) is 12.2 Å². The van der Waals surface area contributed by atoms with Crippen LogP contribution in [0, 0.1) is 5.92 Å². The van der Waals surface area contributed by atoms with E-state index < -0.39 is 5.60 Å². The van der Waals surface area contributed by atoms with Gasteiger partial charge < -0.3 is 15.0 Å². The molecule has 18 heavy (non-hydrogen) atoms. The SMILES string of the molecule is CC(C)(C)OC(=O)N1CCC(C2(C)CCCN2)C1. The van der Waals surface area contributed by atoms with Crippen LogP contribution in [0.15, 0.2) is 0 Å². The number of ether oxygens (including phenoxy) is 1. The second-order valence-electron chi connectivity index (χ2n) is 6.86. The van der Waals surface area contributed by atoms with Crippen LogP contribution < -0.4 is 5.32 Å². The lowest BCUT2D eigenvalue weighted by Gasteiger charge is -2.32. The Morgan fingerprint density at radius 3 is 2.72 bits per heavy atom. The molecule has 2 heterocycles. The topological polar surface area (TPSA) is 41.6 Å². The van der Waals surface area contributed by atoms with Crippen molar-refractivity contribution in [1.82, 2.24) is 10.2 Å². The van der Waals surface area contributed by atoms with Gasteiger partial charge in [0.1, 0.15) is 5.60 Å². The van der Waals surface area contributed by atoms with Gasteiger partial charge in [0, 0.05) is 18.6 Å². The standard InChI is InChI=1S/C14H26N2O2/c1-13(2,3)18-12(17)16-9-6-11(10-16)14(4)7-5-8-15-14/h11,15H,5-10H2,1-4H3. The number of hydrogen-bond donors (Lipinski definition) is 1. The van der Waals surface area contributed by atoms with Crippen LogP contribution in [0.1, 0.15) is 47.0 Å². The molecule has 0 radical (unpaired) electrons. The van der Waals surface area contributed by atoms with Gasteiger partial charge >= 0.3 is 6.09 Å². The summed E-state index contributed by atoms with van der Waals surface area (Å²) in [5.74, 6) is 0.563. The van der Waals surface area contributed by atoms with Crippen molar-refractivity contribution in [3.05, 3.63) is 0 Å². The molecule has 2 fully saturated rings. The first-order chi connectivity index (χ1) is 8.30. The van der Waals surface area contributed by atoms with Crippen LogP contribution in [0.5, 0.6) is 0 Å². The van der Waals surface area contributed by atoms with Crippen molar-refractivity contribution in [3.63, 3.8) is 0 Å². The van der Waals surface area contributed by atoms with Crippen LogP contribution in [-0.2, 0) is 4.74 Å². The Bertz CT molecular complexity index is 316. The monoisotopic (exact) mass is 254 g/mol. The highest BCUT2D eigenvalue weighted by Crippen LogP contribution is 2.34. The third-order valence-electron chi connectivity index (χ3n) is 4.14. The summed E-state index contributed by atoms with van der Waals surface area (Å²) >= 11 is 0. The van der Waals surface area contributed by atoms with E-state index in [9.17, 15) is 4.79 Å². The van der Waals surface area contributed by atoms with Crippen LogP contribution in [0.3, 0.4) is 0 Å². The minimum Gasteiger partial charge on any atom is -0.444 e. The molecule has 4 heteroatoms. The second-order valence-corrected chi connectivity index (χ2v) is 6.86. The van der Waals surface area contributed by atoms with Gasteiger partial charge in [-0.2, -0.15) is 0 Å². The van der Waals surface area contributed by atoms with E-state index in [4.69, 9.17) is 4.74 Å². The van der Waals surface area contributed by atoms with Gasteiger partial charge in [-0.25, -0.2) is 4.79 Å². The van der Waals surface area contributed by atoms with Gasteiger partial charge in [0.15, 0.2) is 0 Å². The average molecular weight is 254 g/mol. The lowest BCUT2D eigenvalue weighted by atomic mass is 9.84. The fourth-order valence-electron chi connectivity index (χ4n) is 3.04. The molecule has 0 aromatic rings. The molecule has 2 aliphatic heterocycles. The molecular formula is C14H26N2O2. The van der Waals surface area contributed by atoms with Crippen LogP contribution in [0.25, 0.3) is 0 Å². The smallest absolute Gasteiger partial charge is 0.410 e. The first-order valence-electron chi connectivity index (χ1n) is 7.03. The maximum atomic E-state index is 12.0. The predicted molar refractivity (Wildman–Crippen MR) is 71.6 cm³/mol. The van der Waals surface area contributed by atoms with Gasteiger partial charge in [0.25, 0.3) is 0 Å². The number of nitrogens with zero attached hydrogens (tertiary/aromatic N) is 1. The van der Waals surface area contributed by atoms with Crippen LogP contribution >= 0.6 is 0 Å². The zero-order valence-corrected chi connectivity index (χ0v) is 12.1. The Labute approximate surface area is 110 Å². The van der Waals surface area contributed by atoms with Crippen molar-refractivity contribution in [1.29, 1.82) is 0 Å². The third kappa shape index (κ3) is 2.97. The molecule has 2 aliphatic rings. The Balaban J connectivity index is 1.90. The molecule has 0 aromatic heterocycles. The van der Waals surface area contributed by atoms with Gasteiger partial charge in [0.2, 0.25) is 0 Å². The number of amides is 1. The van der Waals surface area contributed by atoms with Gasteiger partial charge in [-0.3, -0.25) is 0 Å². The lowest BCUT2D eigenvalue weighted by molar-refractivity contribution is 0.0281. The summed E-state index contributed by atoms with van der Waals surface area (Å²) in [5, 5.41) is 3.60. The number of likely N-dealkylation sites (tertiary alicyclic amines) is 1. The summed E-state index contributed by atoms with van der Waals surface area (Å²) in [4.78, 5) is 13.9. The summed E-state index contributed by atoms with van der Waals surface area (Å²) in [6.07, 6.45) is 3.40. The maximum Gasteiger partial charge on any atom is 0.410 e. The van der Waals surface area contributed by atoms with Crippen molar-refractivity contribution in [3.8, 4) is 0 Å². The molecule has 2 rings (SSSR count). The van der Waals surface area contributed by atoms with E-state index in [0.717, 1.165) is 26.1 Å². The minimum atomic E-state index is -0.398. The largest absolute Gasteiger partial charge is 0.444 e. The van der Waals surface area contributed by atoms with Crippen molar-refractivity contribution in [2.75, 3.05) is 19.6 Å². The summed E-state index contributed by atoms with van der Waals surface area (Å²) in [5.41, 5.74) is -0.179. The summed E-state index contributed by atoms with van der Waals surface area (Å²) in [6, 6.07) is 0. The summed E-state index contributed by atoms with van der Waals surface area (Å²) in [6.45, 7) is 10.8. The molecule has 0 aromatic carbocycles. The molecule has 2 saturated heterocycles. The average Bonchev–Trinajstić information content (AvgIpc) is 2.83. The molecule has 0 spiro atoms. The normalized spacial score (nSPS) is 32.9. The van der Waals surface area contributed by atoms with Gasteiger partial charge in [-0.15, -0.1) is 0 Å². The highest BCUT2D eigenvalue weighted by molar-refractivity contribution is 5.68. The van der Waals surface area contributed by atoms with E-state index in [-0.39, 0.29) is 11.6 Å². The summed E-state index contributed by atoms with van der Waals surface area (Å²) < 4.78 is 5.43. The predicted octanol–water partition coefficient (Wildman–Crippen LogP) is 2.39. The van der Waals surface area contributed by atoms with Crippen molar-refractivity contribution in [2.24, 2.45) is 5.92 Å². The number of nitrogens with one attached hydrogen (secondary N) is 1. The zero-order valence-electron chi connectivity index (χ0n) is 12.1. The van der Waals surface area contributed by atoms with Crippen LogP contribution in [0.4, 0.5) is 4.79 Å². The van der Waals surface area contributed by atoms with Gasteiger partial charge in [-0.1, -0.05) is 0 Å². The Morgan fingerprint density at radius 2 is 2.17 bits per heavy atom.